The summed E-state index contributed by atoms with van der Waals surface area (Å²) < 4.78 is 0. The summed E-state index contributed by atoms with van der Waals surface area (Å²) in [5.41, 5.74) is 1.75. The maximum Gasteiger partial charge on any atom is 0.213 e. The molecule has 0 fully saturated rings. The van der Waals surface area contributed by atoms with Crippen LogP contribution in [0.1, 0.15) is 20.8 Å². The summed E-state index contributed by atoms with van der Waals surface area (Å²) in [6, 6.07) is 10.9. The fraction of sp³-hybridized carbons (Fsp3) is 0.0667. The number of allylic oxidation sites excluding steroid dienone is 1. The molecule has 2 rings (SSSR count). The van der Waals surface area contributed by atoms with Gasteiger partial charge in [0, 0.05) is 5.02 Å². The van der Waals surface area contributed by atoms with Gasteiger partial charge in [-0.3, -0.25) is 4.79 Å². The number of hydrogen-bond acceptors (Lipinski definition) is 3. The van der Waals surface area contributed by atoms with Crippen molar-refractivity contribution in [3.63, 3.8) is 0 Å². The van der Waals surface area contributed by atoms with Crippen molar-refractivity contribution in [2.75, 3.05) is 0 Å². The lowest BCUT2D eigenvalue weighted by molar-refractivity contribution is 0.104. The molecule has 0 atom stereocenters. The third-order valence-electron chi connectivity index (χ3n) is 2.59. The molecule has 0 radical (unpaired) electrons. The Bertz CT molecular complexity index is 694. The Morgan fingerprint density at radius 2 is 2.21 bits per heavy atom. The molecule has 0 aliphatic rings. The average Bonchev–Trinajstić information content (AvgIpc) is 2.81. The number of nitrogens with zero attached hydrogens (tertiary/aromatic N) is 1. The van der Waals surface area contributed by atoms with Crippen molar-refractivity contribution in [2.24, 2.45) is 0 Å². The van der Waals surface area contributed by atoms with E-state index in [0.29, 0.717) is 9.90 Å². The molecular formula is C15H10ClNOS. The first-order valence-corrected chi connectivity index (χ1v) is 6.83. The number of halogens is 1. The van der Waals surface area contributed by atoms with E-state index in [1.165, 1.54) is 11.3 Å². The van der Waals surface area contributed by atoms with Crippen LogP contribution in [0.25, 0.3) is 6.08 Å². The van der Waals surface area contributed by atoms with Crippen LogP contribution in [0.3, 0.4) is 0 Å². The number of nitriles is 1. The molecule has 0 unspecified atom stereocenters. The zero-order valence-electron chi connectivity index (χ0n) is 10.2. The van der Waals surface area contributed by atoms with E-state index in [9.17, 15) is 4.79 Å². The Morgan fingerprint density at radius 3 is 2.79 bits per heavy atom. The zero-order chi connectivity index (χ0) is 13.8. The number of ketones is 1. The minimum absolute atomic E-state index is 0.118. The number of carbonyl (C=O) groups is 1. The summed E-state index contributed by atoms with van der Waals surface area (Å²) in [7, 11) is 0. The van der Waals surface area contributed by atoms with Gasteiger partial charge in [-0.2, -0.15) is 5.26 Å². The van der Waals surface area contributed by atoms with Crippen molar-refractivity contribution in [1.29, 1.82) is 5.26 Å². The van der Waals surface area contributed by atoms with Crippen molar-refractivity contribution in [3.8, 4) is 6.07 Å². The SMILES string of the molecule is Cc1ccsc1C(=O)C(C#N)=Cc1cccc(Cl)c1. The smallest absolute Gasteiger partial charge is 0.213 e. The second-order valence-electron chi connectivity index (χ2n) is 3.99. The lowest BCUT2D eigenvalue weighted by atomic mass is 10.1. The van der Waals surface area contributed by atoms with Crippen LogP contribution in [0.4, 0.5) is 0 Å². The molecule has 94 valence electrons. The van der Waals surface area contributed by atoms with E-state index in [-0.39, 0.29) is 11.4 Å². The Kier molecular flexibility index (Phi) is 4.16. The first-order chi connectivity index (χ1) is 9.11. The van der Waals surface area contributed by atoms with Crippen LogP contribution in [0.5, 0.6) is 0 Å². The van der Waals surface area contributed by atoms with Gasteiger partial charge in [0.05, 0.1) is 4.88 Å². The predicted octanol–water partition coefficient (Wildman–Crippen LogP) is 4.50. The van der Waals surface area contributed by atoms with Crippen LogP contribution in [0, 0.1) is 18.3 Å². The molecule has 1 aromatic heterocycles. The second-order valence-corrected chi connectivity index (χ2v) is 5.34. The Balaban J connectivity index is 2.39. The van der Waals surface area contributed by atoms with Crippen molar-refractivity contribution in [1.82, 2.24) is 0 Å². The van der Waals surface area contributed by atoms with Crippen LogP contribution < -0.4 is 0 Å². The first kappa shape index (κ1) is 13.5. The van der Waals surface area contributed by atoms with Gasteiger partial charge in [0.1, 0.15) is 11.6 Å². The van der Waals surface area contributed by atoms with E-state index in [1.807, 2.05) is 24.4 Å². The third kappa shape index (κ3) is 3.11. The van der Waals surface area contributed by atoms with Gasteiger partial charge in [0.2, 0.25) is 5.78 Å². The van der Waals surface area contributed by atoms with Crippen LogP contribution in [0.15, 0.2) is 41.3 Å². The average molecular weight is 288 g/mol. The van der Waals surface area contributed by atoms with Gasteiger partial charge in [-0.05, 0) is 47.7 Å². The number of rotatable bonds is 3. The molecule has 0 bridgehead atoms. The molecular weight excluding hydrogens is 278 g/mol. The van der Waals surface area contributed by atoms with E-state index in [1.54, 1.807) is 30.3 Å². The fourth-order valence-corrected chi connectivity index (χ4v) is 2.72. The van der Waals surface area contributed by atoms with Crippen molar-refractivity contribution >= 4 is 34.8 Å². The number of thiophene rings is 1. The third-order valence-corrected chi connectivity index (χ3v) is 3.84. The van der Waals surface area contributed by atoms with Gasteiger partial charge in [-0.25, -0.2) is 0 Å². The van der Waals surface area contributed by atoms with E-state index in [0.717, 1.165) is 11.1 Å². The van der Waals surface area contributed by atoms with Gasteiger partial charge in [-0.15, -0.1) is 11.3 Å². The molecule has 1 aromatic carbocycles. The highest BCUT2D eigenvalue weighted by Gasteiger charge is 2.15. The quantitative estimate of drug-likeness (QED) is 0.474. The Morgan fingerprint density at radius 1 is 1.42 bits per heavy atom. The molecule has 0 aliphatic carbocycles. The molecule has 0 amide bonds. The number of Topliss-reactive ketones (excluding diaryl/α,β-unsaturated/α-hetero) is 1. The molecule has 2 aromatic rings. The molecule has 0 N–H and O–H groups in total. The monoisotopic (exact) mass is 287 g/mol. The molecule has 0 saturated heterocycles. The highest BCUT2D eigenvalue weighted by molar-refractivity contribution is 7.12. The van der Waals surface area contributed by atoms with E-state index < -0.39 is 0 Å². The predicted molar refractivity (Wildman–Crippen MR) is 78.4 cm³/mol. The van der Waals surface area contributed by atoms with E-state index in [4.69, 9.17) is 16.9 Å². The van der Waals surface area contributed by atoms with E-state index in [2.05, 4.69) is 0 Å². The van der Waals surface area contributed by atoms with Gasteiger partial charge in [0.15, 0.2) is 0 Å². The molecule has 0 aliphatic heterocycles. The summed E-state index contributed by atoms with van der Waals surface area (Å²) in [6.45, 7) is 1.86. The Labute approximate surface area is 120 Å². The number of hydrogen-bond donors (Lipinski definition) is 0. The topological polar surface area (TPSA) is 40.9 Å². The molecule has 2 nitrogen and oxygen atoms in total. The summed E-state index contributed by atoms with van der Waals surface area (Å²) in [4.78, 5) is 12.8. The minimum Gasteiger partial charge on any atom is -0.287 e. The molecule has 0 spiro atoms. The second kappa shape index (κ2) is 5.83. The van der Waals surface area contributed by atoms with E-state index >= 15 is 0 Å². The highest BCUT2D eigenvalue weighted by Crippen LogP contribution is 2.21. The molecule has 19 heavy (non-hydrogen) atoms. The standard InChI is InChI=1S/C15H10ClNOS/c1-10-5-6-19-15(10)14(18)12(9-17)7-11-3-2-4-13(16)8-11/h2-8H,1H3. The summed E-state index contributed by atoms with van der Waals surface area (Å²) >= 11 is 7.23. The van der Waals surface area contributed by atoms with Crippen molar-refractivity contribution in [3.05, 3.63) is 62.3 Å². The van der Waals surface area contributed by atoms with Crippen LogP contribution in [0.2, 0.25) is 5.02 Å². The van der Waals surface area contributed by atoms with Gasteiger partial charge in [0.25, 0.3) is 0 Å². The normalized spacial score (nSPS) is 11.1. The highest BCUT2D eigenvalue weighted by atomic mass is 35.5. The van der Waals surface area contributed by atoms with Crippen molar-refractivity contribution in [2.45, 2.75) is 6.92 Å². The maximum absolute atomic E-state index is 12.2. The number of carbonyl (C=O) groups excluding carboxylic acids is 1. The van der Waals surface area contributed by atoms with Gasteiger partial charge >= 0.3 is 0 Å². The van der Waals surface area contributed by atoms with Crippen LogP contribution >= 0.6 is 22.9 Å². The van der Waals surface area contributed by atoms with Crippen LogP contribution in [-0.2, 0) is 0 Å². The van der Waals surface area contributed by atoms with Crippen LogP contribution in [-0.4, -0.2) is 5.78 Å². The lowest BCUT2D eigenvalue weighted by Gasteiger charge is -1.99. The molecule has 1 heterocycles. The molecule has 0 saturated carbocycles. The zero-order valence-corrected chi connectivity index (χ0v) is 11.8. The summed E-state index contributed by atoms with van der Waals surface area (Å²) in [6.07, 6.45) is 1.56. The Hall–Kier alpha value is -1.89. The van der Waals surface area contributed by atoms with Crippen molar-refractivity contribution < 1.29 is 4.79 Å². The number of aryl methyl sites for hydroxylation is 1. The maximum atomic E-state index is 12.2. The number of benzene rings is 1. The summed E-state index contributed by atoms with van der Waals surface area (Å²) in [5.74, 6) is -0.241. The first-order valence-electron chi connectivity index (χ1n) is 5.58. The minimum atomic E-state index is -0.241. The van der Waals surface area contributed by atoms with Gasteiger partial charge in [-0.1, -0.05) is 23.7 Å². The van der Waals surface area contributed by atoms with Gasteiger partial charge < -0.3 is 0 Å². The largest absolute Gasteiger partial charge is 0.287 e. The fourth-order valence-electron chi connectivity index (χ4n) is 1.64. The lowest BCUT2D eigenvalue weighted by Crippen LogP contribution is -2.00. The molecule has 4 heteroatoms. The summed E-state index contributed by atoms with van der Waals surface area (Å²) in [5, 5.41) is 11.6.